The molecule has 4 heteroatoms. The predicted molar refractivity (Wildman–Crippen MR) is 66.2 cm³/mol. The number of aromatic nitrogens is 2. The lowest BCUT2D eigenvalue weighted by atomic mass is 10.0. The highest BCUT2D eigenvalue weighted by atomic mass is 16.3. The van der Waals surface area contributed by atoms with Crippen molar-refractivity contribution in [1.82, 2.24) is 9.97 Å². The number of H-pyrrole nitrogens is 1. The zero-order valence-corrected chi connectivity index (χ0v) is 10.0. The molecule has 17 heavy (non-hydrogen) atoms. The smallest absolute Gasteiger partial charge is 0.257 e. The fourth-order valence-corrected chi connectivity index (χ4v) is 1.83. The van der Waals surface area contributed by atoms with Gasteiger partial charge in [-0.3, -0.25) is 4.79 Å². The van der Waals surface area contributed by atoms with Gasteiger partial charge >= 0.3 is 0 Å². The van der Waals surface area contributed by atoms with Gasteiger partial charge in [0.15, 0.2) is 0 Å². The molecule has 2 rings (SSSR count). The van der Waals surface area contributed by atoms with Crippen LogP contribution in [-0.4, -0.2) is 15.1 Å². The molecular weight excluding hydrogens is 216 g/mol. The second kappa shape index (κ2) is 4.05. The number of aromatic hydroxyl groups is 1. The first kappa shape index (κ1) is 11.4. The van der Waals surface area contributed by atoms with Crippen molar-refractivity contribution in [2.45, 2.75) is 20.8 Å². The Bertz CT molecular complexity index is 610. The molecule has 0 atom stereocenters. The minimum Gasteiger partial charge on any atom is -0.493 e. The first-order chi connectivity index (χ1) is 8.00. The number of aromatic amines is 1. The van der Waals surface area contributed by atoms with E-state index in [0.29, 0.717) is 5.82 Å². The molecule has 2 N–H and O–H groups in total. The Morgan fingerprint density at radius 1 is 1.18 bits per heavy atom. The lowest BCUT2D eigenvalue weighted by molar-refractivity contribution is 0.447. The van der Waals surface area contributed by atoms with Gasteiger partial charge in [-0.2, -0.15) is 4.98 Å². The maximum Gasteiger partial charge on any atom is 0.257 e. The van der Waals surface area contributed by atoms with E-state index in [-0.39, 0.29) is 17.0 Å². The van der Waals surface area contributed by atoms with Crippen molar-refractivity contribution in [2.75, 3.05) is 0 Å². The van der Waals surface area contributed by atoms with Crippen molar-refractivity contribution in [1.29, 1.82) is 0 Å². The van der Waals surface area contributed by atoms with Crippen LogP contribution in [0.15, 0.2) is 23.0 Å². The van der Waals surface area contributed by atoms with Crippen LogP contribution in [0.5, 0.6) is 5.88 Å². The summed E-state index contributed by atoms with van der Waals surface area (Å²) in [6.07, 6.45) is 0. The number of nitrogens with zero attached hydrogens (tertiary/aromatic N) is 1. The van der Waals surface area contributed by atoms with Crippen LogP contribution in [-0.2, 0) is 0 Å². The molecule has 1 heterocycles. The SMILES string of the molecule is Cc1cccc(C)c1-c1nc(O)c(C)c(=O)[nH]1. The summed E-state index contributed by atoms with van der Waals surface area (Å²) in [5.74, 6) is 0.195. The van der Waals surface area contributed by atoms with Gasteiger partial charge in [-0.25, -0.2) is 0 Å². The topological polar surface area (TPSA) is 66.0 Å². The van der Waals surface area contributed by atoms with Gasteiger partial charge in [0.25, 0.3) is 5.56 Å². The van der Waals surface area contributed by atoms with E-state index in [0.717, 1.165) is 16.7 Å². The van der Waals surface area contributed by atoms with E-state index in [2.05, 4.69) is 9.97 Å². The first-order valence-electron chi connectivity index (χ1n) is 5.37. The van der Waals surface area contributed by atoms with Crippen LogP contribution >= 0.6 is 0 Å². The molecule has 1 aromatic heterocycles. The Hall–Kier alpha value is -2.10. The average molecular weight is 230 g/mol. The second-order valence-electron chi connectivity index (χ2n) is 4.13. The van der Waals surface area contributed by atoms with Gasteiger partial charge in [0.05, 0.1) is 5.56 Å². The van der Waals surface area contributed by atoms with Crippen LogP contribution in [0.25, 0.3) is 11.4 Å². The minimum absolute atomic E-state index is 0.216. The van der Waals surface area contributed by atoms with Crippen molar-refractivity contribution in [2.24, 2.45) is 0 Å². The third-order valence-corrected chi connectivity index (χ3v) is 2.84. The molecule has 2 aromatic rings. The van der Waals surface area contributed by atoms with E-state index in [1.54, 1.807) is 0 Å². The summed E-state index contributed by atoms with van der Waals surface area (Å²) in [5.41, 5.74) is 2.81. The number of aryl methyl sites for hydroxylation is 2. The number of nitrogens with one attached hydrogen (secondary N) is 1. The molecule has 0 aliphatic carbocycles. The Labute approximate surface area is 99.0 Å². The van der Waals surface area contributed by atoms with Crippen LogP contribution in [0, 0.1) is 20.8 Å². The summed E-state index contributed by atoms with van der Waals surface area (Å²) in [6, 6.07) is 5.83. The van der Waals surface area contributed by atoms with Gasteiger partial charge in [0.2, 0.25) is 5.88 Å². The molecule has 0 fully saturated rings. The molecule has 0 radical (unpaired) electrons. The molecule has 0 amide bonds. The zero-order valence-electron chi connectivity index (χ0n) is 10.0. The van der Waals surface area contributed by atoms with E-state index in [9.17, 15) is 9.90 Å². The van der Waals surface area contributed by atoms with Gasteiger partial charge in [0, 0.05) is 5.56 Å². The number of hydrogen-bond acceptors (Lipinski definition) is 3. The highest BCUT2D eigenvalue weighted by Gasteiger charge is 2.11. The Kier molecular flexibility index (Phi) is 2.71. The number of hydrogen-bond donors (Lipinski definition) is 2. The van der Waals surface area contributed by atoms with Crippen LogP contribution in [0.1, 0.15) is 16.7 Å². The van der Waals surface area contributed by atoms with Crippen molar-refractivity contribution in [3.8, 4) is 17.3 Å². The van der Waals surface area contributed by atoms with Gasteiger partial charge < -0.3 is 10.1 Å². The fourth-order valence-electron chi connectivity index (χ4n) is 1.83. The highest BCUT2D eigenvalue weighted by Crippen LogP contribution is 2.24. The molecule has 0 saturated carbocycles. The standard InChI is InChI=1S/C13H14N2O2/c1-7-5-4-6-8(2)10(7)11-14-12(16)9(3)13(17)15-11/h4-6H,1-3H3,(H2,14,15,16,17). The molecule has 0 unspecified atom stereocenters. The van der Waals surface area contributed by atoms with Gasteiger partial charge in [0.1, 0.15) is 5.82 Å². The molecular formula is C13H14N2O2. The third kappa shape index (κ3) is 1.93. The lowest BCUT2D eigenvalue weighted by Gasteiger charge is -2.09. The highest BCUT2D eigenvalue weighted by molar-refractivity contribution is 5.64. The Balaban J connectivity index is 2.74. The average Bonchev–Trinajstić information content (AvgIpc) is 2.25. The molecule has 88 valence electrons. The van der Waals surface area contributed by atoms with Crippen molar-refractivity contribution in [3.63, 3.8) is 0 Å². The molecule has 0 aliphatic heterocycles. The fraction of sp³-hybridized carbons (Fsp3) is 0.231. The summed E-state index contributed by atoms with van der Waals surface area (Å²) in [4.78, 5) is 18.3. The van der Waals surface area contributed by atoms with Gasteiger partial charge in [-0.05, 0) is 31.9 Å². The molecule has 0 saturated heterocycles. The molecule has 1 aromatic carbocycles. The van der Waals surface area contributed by atoms with Crippen LogP contribution in [0.2, 0.25) is 0 Å². The van der Waals surface area contributed by atoms with Crippen molar-refractivity contribution in [3.05, 3.63) is 45.2 Å². The molecule has 0 bridgehead atoms. The monoisotopic (exact) mass is 230 g/mol. The summed E-state index contributed by atoms with van der Waals surface area (Å²) in [5, 5.41) is 9.59. The number of benzene rings is 1. The summed E-state index contributed by atoms with van der Waals surface area (Å²) in [7, 11) is 0. The van der Waals surface area contributed by atoms with Crippen LogP contribution < -0.4 is 5.56 Å². The number of rotatable bonds is 1. The van der Waals surface area contributed by atoms with Crippen LogP contribution in [0.3, 0.4) is 0 Å². The van der Waals surface area contributed by atoms with E-state index < -0.39 is 0 Å². The zero-order chi connectivity index (χ0) is 12.6. The lowest BCUT2D eigenvalue weighted by Crippen LogP contribution is -2.12. The van der Waals surface area contributed by atoms with Gasteiger partial charge in [-0.1, -0.05) is 18.2 Å². The Morgan fingerprint density at radius 3 is 2.29 bits per heavy atom. The third-order valence-electron chi connectivity index (χ3n) is 2.84. The van der Waals surface area contributed by atoms with Crippen molar-refractivity contribution >= 4 is 0 Å². The van der Waals surface area contributed by atoms with E-state index in [1.165, 1.54) is 6.92 Å². The summed E-state index contributed by atoms with van der Waals surface area (Å²) >= 11 is 0. The quantitative estimate of drug-likeness (QED) is 0.788. The minimum atomic E-state index is -0.310. The van der Waals surface area contributed by atoms with E-state index in [4.69, 9.17) is 0 Å². The van der Waals surface area contributed by atoms with E-state index in [1.807, 2.05) is 32.0 Å². The Morgan fingerprint density at radius 2 is 1.76 bits per heavy atom. The largest absolute Gasteiger partial charge is 0.493 e. The second-order valence-corrected chi connectivity index (χ2v) is 4.13. The summed E-state index contributed by atoms with van der Waals surface area (Å²) < 4.78 is 0. The summed E-state index contributed by atoms with van der Waals surface area (Å²) in [6.45, 7) is 5.42. The molecule has 0 aliphatic rings. The molecule has 0 spiro atoms. The molecule has 4 nitrogen and oxygen atoms in total. The maximum absolute atomic E-state index is 11.6. The van der Waals surface area contributed by atoms with Gasteiger partial charge in [-0.15, -0.1) is 0 Å². The predicted octanol–water partition coefficient (Wildman–Crippen LogP) is 2.07. The van der Waals surface area contributed by atoms with Crippen molar-refractivity contribution < 1.29 is 5.11 Å². The normalized spacial score (nSPS) is 10.5. The first-order valence-corrected chi connectivity index (χ1v) is 5.37. The maximum atomic E-state index is 11.6. The van der Waals surface area contributed by atoms with E-state index >= 15 is 0 Å². The van der Waals surface area contributed by atoms with Crippen LogP contribution in [0.4, 0.5) is 0 Å².